The number of benzene rings is 1. The van der Waals surface area contributed by atoms with Gasteiger partial charge in [0.1, 0.15) is 11.9 Å². The van der Waals surface area contributed by atoms with E-state index < -0.39 is 29.3 Å². The molecule has 0 heterocycles. The van der Waals surface area contributed by atoms with Gasteiger partial charge in [-0.05, 0) is 37.5 Å². The van der Waals surface area contributed by atoms with E-state index in [-0.39, 0.29) is 5.56 Å². The molecule has 6 heteroatoms. The van der Waals surface area contributed by atoms with Gasteiger partial charge in [-0.25, -0.2) is 4.39 Å². The number of aliphatic hydroxyl groups excluding tert-OH is 1. The SMILES string of the molecule is CCOC1(C(O)c2ccc(F)c(C(F)(F)F)c2)CCCC1. The summed E-state index contributed by atoms with van der Waals surface area (Å²) in [5.41, 5.74) is -2.18. The molecular weight excluding hydrogens is 288 g/mol. The molecule has 0 aromatic heterocycles. The summed E-state index contributed by atoms with van der Waals surface area (Å²) in [6, 6.07) is 2.61. The zero-order valence-corrected chi connectivity index (χ0v) is 11.7. The van der Waals surface area contributed by atoms with Gasteiger partial charge in [0.2, 0.25) is 0 Å². The van der Waals surface area contributed by atoms with Crippen LogP contribution < -0.4 is 0 Å². The van der Waals surface area contributed by atoms with Crippen LogP contribution in [0.25, 0.3) is 0 Å². The van der Waals surface area contributed by atoms with E-state index in [0.29, 0.717) is 25.5 Å². The first-order valence-corrected chi connectivity index (χ1v) is 6.99. The van der Waals surface area contributed by atoms with Crippen LogP contribution in [-0.4, -0.2) is 17.3 Å². The first-order valence-electron chi connectivity index (χ1n) is 6.99. The fourth-order valence-electron chi connectivity index (χ4n) is 2.99. The van der Waals surface area contributed by atoms with Crippen molar-refractivity contribution >= 4 is 0 Å². The summed E-state index contributed by atoms with van der Waals surface area (Å²) in [5, 5.41) is 10.5. The lowest BCUT2D eigenvalue weighted by Gasteiger charge is -2.34. The normalized spacial score (nSPS) is 19.7. The topological polar surface area (TPSA) is 29.5 Å². The van der Waals surface area contributed by atoms with Gasteiger partial charge >= 0.3 is 6.18 Å². The van der Waals surface area contributed by atoms with Crippen LogP contribution in [0.4, 0.5) is 17.6 Å². The Bertz CT molecular complexity index is 493. The average Bonchev–Trinajstić information content (AvgIpc) is 2.87. The lowest BCUT2D eigenvalue weighted by molar-refractivity contribution is -0.140. The summed E-state index contributed by atoms with van der Waals surface area (Å²) < 4.78 is 57.2. The summed E-state index contributed by atoms with van der Waals surface area (Å²) in [6.07, 6.45) is -3.11. The molecular formula is C15H18F4O2. The summed E-state index contributed by atoms with van der Waals surface area (Å²) in [6.45, 7) is 2.14. The summed E-state index contributed by atoms with van der Waals surface area (Å²) in [5.74, 6) is -1.34. The molecule has 2 nitrogen and oxygen atoms in total. The van der Waals surface area contributed by atoms with Gasteiger partial charge in [-0.1, -0.05) is 18.9 Å². The maximum Gasteiger partial charge on any atom is 0.419 e. The Balaban J connectivity index is 2.37. The third kappa shape index (κ3) is 3.21. The Kier molecular flexibility index (Phi) is 4.58. The van der Waals surface area contributed by atoms with Crippen molar-refractivity contribution in [3.63, 3.8) is 0 Å². The second-order valence-corrected chi connectivity index (χ2v) is 5.34. The Morgan fingerprint density at radius 3 is 2.43 bits per heavy atom. The van der Waals surface area contributed by atoms with Gasteiger partial charge in [0.15, 0.2) is 0 Å². The zero-order valence-electron chi connectivity index (χ0n) is 11.7. The molecule has 0 amide bonds. The van der Waals surface area contributed by atoms with Crippen LogP contribution in [0.2, 0.25) is 0 Å². The predicted octanol–water partition coefficient (Wildman–Crippen LogP) is 4.23. The van der Waals surface area contributed by atoms with Crippen molar-refractivity contribution in [1.82, 2.24) is 0 Å². The standard InChI is InChI=1S/C15H18F4O2/c1-2-21-14(7-3-4-8-14)13(20)10-5-6-12(16)11(9-10)15(17,18)19/h5-6,9,13,20H,2-4,7-8H2,1H3. The monoisotopic (exact) mass is 306 g/mol. The zero-order chi connectivity index (χ0) is 15.7. The maximum absolute atomic E-state index is 13.3. The van der Waals surface area contributed by atoms with E-state index in [0.717, 1.165) is 18.9 Å². The van der Waals surface area contributed by atoms with E-state index in [1.165, 1.54) is 6.07 Å². The highest BCUT2D eigenvalue weighted by Crippen LogP contribution is 2.44. The Morgan fingerprint density at radius 2 is 1.90 bits per heavy atom. The molecule has 0 saturated heterocycles. The Morgan fingerprint density at radius 1 is 1.29 bits per heavy atom. The average molecular weight is 306 g/mol. The van der Waals surface area contributed by atoms with Gasteiger partial charge in [-0.15, -0.1) is 0 Å². The number of alkyl halides is 3. The number of aliphatic hydroxyl groups is 1. The van der Waals surface area contributed by atoms with Crippen molar-refractivity contribution in [2.75, 3.05) is 6.61 Å². The summed E-state index contributed by atoms with van der Waals surface area (Å²) >= 11 is 0. The van der Waals surface area contributed by atoms with Crippen molar-refractivity contribution in [2.45, 2.75) is 50.5 Å². The molecule has 1 saturated carbocycles. The van der Waals surface area contributed by atoms with Crippen molar-refractivity contribution in [2.24, 2.45) is 0 Å². The van der Waals surface area contributed by atoms with Crippen LogP contribution >= 0.6 is 0 Å². The van der Waals surface area contributed by atoms with Crippen LogP contribution in [0.5, 0.6) is 0 Å². The van der Waals surface area contributed by atoms with E-state index in [9.17, 15) is 22.7 Å². The van der Waals surface area contributed by atoms with Gasteiger partial charge in [0.05, 0.1) is 11.2 Å². The minimum absolute atomic E-state index is 0.0408. The van der Waals surface area contributed by atoms with Crippen LogP contribution in [0.15, 0.2) is 18.2 Å². The van der Waals surface area contributed by atoms with Crippen LogP contribution in [0.1, 0.15) is 49.8 Å². The highest BCUT2D eigenvalue weighted by molar-refractivity contribution is 5.30. The van der Waals surface area contributed by atoms with E-state index >= 15 is 0 Å². The van der Waals surface area contributed by atoms with Crippen molar-refractivity contribution in [3.05, 3.63) is 35.1 Å². The van der Waals surface area contributed by atoms with E-state index in [1.807, 2.05) is 0 Å². The molecule has 0 radical (unpaired) electrons. The first kappa shape index (κ1) is 16.2. The lowest BCUT2D eigenvalue weighted by atomic mass is 9.88. The highest BCUT2D eigenvalue weighted by atomic mass is 19.4. The van der Waals surface area contributed by atoms with E-state index in [4.69, 9.17) is 4.74 Å². The van der Waals surface area contributed by atoms with Crippen LogP contribution in [-0.2, 0) is 10.9 Å². The molecule has 1 aromatic carbocycles. The number of rotatable bonds is 4. The molecule has 1 unspecified atom stereocenters. The minimum Gasteiger partial charge on any atom is -0.385 e. The fourth-order valence-corrected chi connectivity index (χ4v) is 2.99. The van der Waals surface area contributed by atoms with Gasteiger partial charge in [0.25, 0.3) is 0 Å². The third-order valence-electron chi connectivity index (χ3n) is 3.99. The van der Waals surface area contributed by atoms with Gasteiger partial charge in [-0.2, -0.15) is 13.2 Å². The second-order valence-electron chi connectivity index (χ2n) is 5.34. The predicted molar refractivity (Wildman–Crippen MR) is 69.2 cm³/mol. The molecule has 21 heavy (non-hydrogen) atoms. The quantitative estimate of drug-likeness (QED) is 0.844. The number of halogens is 4. The molecule has 118 valence electrons. The maximum atomic E-state index is 13.3. The third-order valence-corrected chi connectivity index (χ3v) is 3.99. The molecule has 1 aromatic rings. The summed E-state index contributed by atoms with van der Waals surface area (Å²) in [4.78, 5) is 0. The second kappa shape index (κ2) is 5.93. The van der Waals surface area contributed by atoms with Crippen molar-refractivity contribution < 1.29 is 27.4 Å². The molecule has 1 N–H and O–H groups in total. The minimum atomic E-state index is -4.78. The van der Waals surface area contributed by atoms with Crippen LogP contribution in [0, 0.1) is 5.82 Å². The molecule has 0 bridgehead atoms. The number of hydrogen-bond donors (Lipinski definition) is 1. The molecule has 1 aliphatic rings. The van der Waals surface area contributed by atoms with Gasteiger partial charge < -0.3 is 9.84 Å². The first-order chi connectivity index (χ1) is 9.80. The molecule has 1 fully saturated rings. The smallest absolute Gasteiger partial charge is 0.385 e. The largest absolute Gasteiger partial charge is 0.419 e. The highest BCUT2D eigenvalue weighted by Gasteiger charge is 2.43. The lowest BCUT2D eigenvalue weighted by Crippen LogP contribution is -2.36. The number of hydrogen-bond acceptors (Lipinski definition) is 2. The molecule has 1 aliphatic carbocycles. The van der Waals surface area contributed by atoms with E-state index in [1.54, 1.807) is 6.92 Å². The Hall–Kier alpha value is -1.14. The number of ether oxygens (including phenoxy) is 1. The summed E-state index contributed by atoms with van der Waals surface area (Å²) in [7, 11) is 0. The van der Waals surface area contributed by atoms with Crippen molar-refractivity contribution in [1.29, 1.82) is 0 Å². The molecule has 2 rings (SSSR count). The van der Waals surface area contributed by atoms with Gasteiger partial charge in [0, 0.05) is 6.61 Å². The van der Waals surface area contributed by atoms with Gasteiger partial charge in [-0.3, -0.25) is 0 Å². The fraction of sp³-hybridized carbons (Fsp3) is 0.600. The Labute approximate surface area is 120 Å². The molecule has 0 aliphatic heterocycles. The van der Waals surface area contributed by atoms with Crippen molar-refractivity contribution in [3.8, 4) is 0 Å². The molecule has 0 spiro atoms. The van der Waals surface area contributed by atoms with E-state index in [2.05, 4.69) is 0 Å². The molecule has 1 atom stereocenters. The van der Waals surface area contributed by atoms with Crippen LogP contribution in [0.3, 0.4) is 0 Å².